The predicted octanol–water partition coefficient (Wildman–Crippen LogP) is 5.40. The minimum atomic E-state index is -0.449. The SMILES string of the molecule is CCOC1CCCC1.CNCCCOc1ccc(F)c(-c2nc(N)c(C)c(-c3c(C)noc3C)n2)c1. The van der Waals surface area contributed by atoms with Crippen LogP contribution in [0.15, 0.2) is 22.7 Å². The van der Waals surface area contributed by atoms with Crippen LogP contribution in [0.25, 0.3) is 22.6 Å². The third-order valence-electron chi connectivity index (χ3n) is 6.18. The summed E-state index contributed by atoms with van der Waals surface area (Å²) in [7, 11) is 1.88. The summed E-state index contributed by atoms with van der Waals surface area (Å²) in [5, 5.41) is 7.02. The van der Waals surface area contributed by atoms with Gasteiger partial charge in [0.05, 0.1) is 35.2 Å². The van der Waals surface area contributed by atoms with Crippen molar-refractivity contribution in [1.82, 2.24) is 20.4 Å². The van der Waals surface area contributed by atoms with Crippen LogP contribution in [-0.2, 0) is 4.74 Å². The molecule has 36 heavy (non-hydrogen) atoms. The summed E-state index contributed by atoms with van der Waals surface area (Å²) in [4.78, 5) is 8.88. The van der Waals surface area contributed by atoms with E-state index in [0.717, 1.165) is 25.1 Å². The van der Waals surface area contributed by atoms with Gasteiger partial charge in [-0.2, -0.15) is 0 Å². The van der Waals surface area contributed by atoms with Gasteiger partial charge in [0.1, 0.15) is 23.1 Å². The highest BCUT2D eigenvalue weighted by Crippen LogP contribution is 2.33. The molecule has 1 aromatic carbocycles. The molecule has 0 saturated heterocycles. The molecule has 0 spiro atoms. The number of aromatic nitrogens is 3. The summed E-state index contributed by atoms with van der Waals surface area (Å²) in [6.07, 6.45) is 6.81. The molecule has 1 fully saturated rings. The summed E-state index contributed by atoms with van der Waals surface area (Å²) in [5.41, 5.74) is 9.04. The highest BCUT2D eigenvalue weighted by Gasteiger charge is 2.20. The monoisotopic (exact) mass is 499 g/mol. The molecule has 1 aliphatic carbocycles. The molecule has 1 saturated carbocycles. The largest absolute Gasteiger partial charge is 0.494 e. The van der Waals surface area contributed by atoms with Gasteiger partial charge in [-0.1, -0.05) is 18.0 Å². The van der Waals surface area contributed by atoms with Crippen LogP contribution >= 0.6 is 0 Å². The zero-order valence-corrected chi connectivity index (χ0v) is 22.0. The maximum Gasteiger partial charge on any atom is 0.165 e. The first-order valence-corrected chi connectivity index (χ1v) is 12.6. The molecule has 9 heteroatoms. The summed E-state index contributed by atoms with van der Waals surface area (Å²) >= 11 is 0. The van der Waals surface area contributed by atoms with Gasteiger partial charge < -0.3 is 25.0 Å². The topological polar surface area (TPSA) is 108 Å². The zero-order valence-electron chi connectivity index (χ0n) is 22.0. The fraction of sp³-hybridized carbons (Fsp3) is 0.519. The highest BCUT2D eigenvalue weighted by molar-refractivity contribution is 5.74. The van der Waals surface area contributed by atoms with Crippen molar-refractivity contribution in [2.24, 2.45) is 0 Å². The van der Waals surface area contributed by atoms with Gasteiger partial charge in [0.2, 0.25) is 0 Å². The molecule has 196 valence electrons. The lowest BCUT2D eigenvalue weighted by molar-refractivity contribution is 0.0685. The van der Waals surface area contributed by atoms with E-state index in [2.05, 4.69) is 27.4 Å². The molecule has 3 N–H and O–H groups in total. The lowest BCUT2D eigenvalue weighted by atomic mass is 10.0. The van der Waals surface area contributed by atoms with Crippen LogP contribution in [0, 0.1) is 26.6 Å². The van der Waals surface area contributed by atoms with Crippen molar-refractivity contribution in [3.63, 3.8) is 0 Å². The number of hydrogen-bond acceptors (Lipinski definition) is 8. The number of anilines is 1. The Morgan fingerprint density at radius 3 is 2.56 bits per heavy atom. The Balaban J connectivity index is 0.000000383. The molecular formula is C27H38FN5O3. The van der Waals surface area contributed by atoms with Gasteiger partial charge in [0, 0.05) is 12.2 Å². The third-order valence-corrected chi connectivity index (χ3v) is 6.18. The maximum atomic E-state index is 14.5. The molecular weight excluding hydrogens is 461 g/mol. The van der Waals surface area contributed by atoms with Crippen LogP contribution < -0.4 is 15.8 Å². The lowest BCUT2D eigenvalue weighted by Gasteiger charge is -2.12. The van der Waals surface area contributed by atoms with Gasteiger partial charge in [-0.25, -0.2) is 14.4 Å². The molecule has 2 heterocycles. The van der Waals surface area contributed by atoms with E-state index in [9.17, 15) is 4.39 Å². The van der Waals surface area contributed by atoms with E-state index >= 15 is 0 Å². The number of ether oxygens (including phenoxy) is 2. The van der Waals surface area contributed by atoms with E-state index in [4.69, 9.17) is 19.7 Å². The third kappa shape index (κ3) is 7.01. The molecule has 0 atom stereocenters. The average Bonchev–Trinajstić information content (AvgIpc) is 3.50. The zero-order chi connectivity index (χ0) is 26.1. The number of hydrogen-bond donors (Lipinski definition) is 2. The second-order valence-electron chi connectivity index (χ2n) is 8.91. The highest BCUT2D eigenvalue weighted by atomic mass is 19.1. The summed E-state index contributed by atoms with van der Waals surface area (Å²) in [6.45, 7) is 9.76. The second-order valence-corrected chi connectivity index (χ2v) is 8.91. The van der Waals surface area contributed by atoms with Gasteiger partial charge in [-0.05, 0) is 78.7 Å². The van der Waals surface area contributed by atoms with E-state index < -0.39 is 5.82 Å². The first-order valence-electron chi connectivity index (χ1n) is 12.6. The molecule has 0 aliphatic heterocycles. The van der Waals surface area contributed by atoms with E-state index in [-0.39, 0.29) is 17.2 Å². The number of aryl methyl sites for hydroxylation is 2. The normalized spacial score (nSPS) is 13.5. The maximum absolute atomic E-state index is 14.5. The van der Waals surface area contributed by atoms with Crippen molar-refractivity contribution in [2.75, 3.05) is 32.5 Å². The van der Waals surface area contributed by atoms with Crippen LogP contribution in [0.4, 0.5) is 10.2 Å². The van der Waals surface area contributed by atoms with E-state index in [0.29, 0.717) is 41.2 Å². The van der Waals surface area contributed by atoms with E-state index in [1.165, 1.54) is 31.7 Å². The number of halogens is 1. The Labute approximate surface area is 212 Å². The van der Waals surface area contributed by atoms with Crippen molar-refractivity contribution >= 4 is 5.82 Å². The Kier molecular flexibility index (Phi) is 10.2. The Bertz CT molecular complexity index is 1110. The first kappa shape index (κ1) is 27.5. The standard InChI is InChI=1S/C20H24FN5O2.C7H14O/c1-11-18(17-12(2)26-28-13(17)3)24-20(25-19(11)22)15-10-14(6-7-16(15)21)27-9-5-8-23-4;1-2-8-7-5-3-4-6-7/h6-7,10,23H,5,8-9H2,1-4H3,(H2,22,24,25);7H,2-6H2,1H3. The molecule has 0 unspecified atom stereocenters. The number of benzene rings is 1. The molecule has 0 radical (unpaired) electrons. The Hall–Kier alpha value is -3.04. The van der Waals surface area contributed by atoms with Crippen LogP contribution in [-0.4, -0.2) is 48.0 Å². The number of rotatable bonds is 9. The van der Waals surface area contributed by atoms with Crippen molar-refractivity contribution in [2.45, 2.75) is 65.9 Å². The van der Waals surface area contributed by atoms with Gasteiger partial charge in [-0.15, -0.1) is 0 Å². The molecule has 3 aromatic rings. The first-order chi connectivity index (χ1) is 17.3. The minimum Gasteiger partial charge on any atom is -0.494 e. The summed E-state index contributed by atoms with van der Waals surface area (Å²) in [6, 6.07) is 4.53. The quantitative estimate of drug-likeness (QED) is 0.377. The molecule has 4 rings (SSSR count). The smallest absolute Gasteiger partial charge is 0.165 e. The van der Waals surface area contributed by atoms with Crippen LogP contribution in [0.5, 0.6) is 5.75 Å². The van der Waals surface area contributed by atoms with Crippen molar-refractivity contribution in [1.29, 1.82) is 0 Å². The van der Waals surface area contributed by atoms with Crippen molar-refractivity contribution < 1.29 is 18.4 Å². The molecule has 0 amide bonds. The van der Waals surface area contributed by atoms with E-state index in [1.807, 2.05) is 20.9 Å². The predicted molar refractivity (Wildman–Crippen MR) is 139 cm³/mol. The Morgan fingerprint density at radius 2 is 1.92 bits per heavy atom. The number of nitrogens with one attached hydrogen (secondary N) is 1. The summed E-state index contributed by atoms with van der Waals surface area (Å²) in [5.74, 6) is 1.19. The van der Waals surface area contributed by atoms with Crippen molar-refractivity contribution in [3.05, 3.63) is 41.0 Å². The van der Waals surface area contributed by atoms with E-state index in [1.54, 1.807) is 19.1 Å². The van der Waals surface area contributed by atoms with Crippen molar-refractivity contribution in [3.8, 4) is 28.4 Å². The van der Waals surface area contributed by atoms with Gasteiger partial charge in [0.15, 0.2) is 5.82 Å². The van der Waals surface area contributed by atoms with Crippen LogP contribution in [0.3, 0.4) is 0 Å². The minimum absolute atomic E-state index is 0.191. The summed E-state index contributed by atoms with van der Waals surface area (Å²) < 4.78 is 30.9. The number of nitrogens with zero attached hydrogens (tertiary/aromatic N) is 3. The second kappa shape index (κ2) is 13.3. The van der Waals surface area contributed by atoms with Gasteiger partial charge >= 0.3 is 0 Å². The van der Waals surface area contributed by atoms with Gasteiger partial charge in [0.25, 0.3) is 0 Å². The fourth-order valence-electron chi connectivity index (χ4n) is 4.21. The van der Waals surface area contributed by atoms with Gasteiger partial charge in [-0.3, -0.25) is 0 Å². The number of nitrogen functional groups attached to an aromatic ring is 1. The molecule has 2 aromatic heterocycles. The molecule has 0 bridgehead atoms. The average molecular weight is 500 g/mol. The molecule has 8 nitrogen and oxygen atoms in total. The van der Waals surface area contributed by atoms with Crippen LogP contribution in [0.2, 0.25) is 0 Å². The van der Waals surface area contributed by atoms with Crippen LogP contribution in [0.1, 0.15) is 56.0 Å². The Morgan fingerprint density at radius 1 is 1.17 bits per heavy atom. The lowest BCUT2D eigenvalue weighted by Crippen LogP contribution is -2.11. The molecule has 1 aliphatic rings. The fourth-order valence-corrected chi connectivity index (χ4v) is 4.21. The number of nitrogens with two attached hydrogens (primary N) is 1.